The second-order valence-corrected chi connectivity index (χ2v) is 5.35. The Balaban J connectivity index is 2.23. The lowest BCUT2D eigenvalue weighted by atomic mass is 9.92. The van der Waals surface area contributed by atoms with Crippen molar-refractivity contribution in [1.82, 2.24) is 0 Å². The van der Waals surface area contributed by atoms with Gasteiger partial charge in [0.05, 0.1) is 1.37 Å². The first-order valence-electron chi connectivity index (χ1n) is 6.77. The van der Waals surface area contributed by atoms with Crippen molar-refractivity contribution >= 4 is 5.97 Å². The van der Waals surface area contributed by atoms with E-state index >= 15 is 0 Å². The second-order valence-electron chi connectivity index (χ2n) is 5.35. The number of carbonyl (C=O) groups excluding carboxylic acids is 1. The van der Waals surface area contributed by atoms with Gasteiger partial charge in [-0.2, -0.15) is 0 Å². The molecule has 0 aromatic rings. The van der Waals surface area contributed by atoms with Gasteiger partial charge in [-0.05, 0) is 72.1 Å². The van der Waals surface area contributed by atoms with Crippen molar-refractivity contribution in [3.63, 3.8) is 0 Å². The maximum Gasteiger partial charge on any atom is 0.334 e. The zero-order chi connectivity index (χ0) is 14.8. The molecule has 2 aliphatic rings. The first-order chi connectivity index (χ1) is 9.38. The van der Waals surface area contributed by atoms with E-state index in [0.717, 1.165) is 0 Å². The van der Waals surface area contributed by atoms with Gasteiger partial charge >= 0.3 is 5.97 Å². The third-order valence-electron chi connectivity index (χ3n) is 2.49. The zero-order valence-electron chi connectivity index (χ0n) is 12.4. The smallest absolute Gasteiger partial charge is 0.334 e. The highest BCUT2D eigenvalue weighted by molar-refractivity contribution is 5.95. The molecular weight excluding hydrogens is 236 g/mol. The molecule has 19 heavy (non-hydrogen) atoms. The van der Waals surface area contributed by atoms with Crippen LogP contribution in [0.3, 0.4) is 0 Å². The molecule has 2 saturated carbocycles. The predicted octanol–water partition coefficient (Wildman–Crippen LogP) is 3.07. The Kier molecular flexibility index (Phi) is 4.24. The van der Waals surface area contributed by atoms with Crippen molar-refractivity contribution in [2.75, 3.05) is 0 Å². The number of esters is 1. The second kappa shape index (κ2) is 6.11. The SMILES string of the molecule is [2H]/C([C]1[CH][CH][CH][CH]1)=C(/[C]1[CH][CH][CH][CH]1)C(=O)OC(C)(C)C. The Morgan fingerprint density at radius 2 is 1.63 bits per heavy atom. The van der Waals surface area contributed by atoms with E-state index < -0.39 is 11.6 Å². The zero-order valence-corrected chi connectivity index (χ0v) is 11.4. The van der Waals surface area contributed by atoms with E-state index in [2.05, 4.69) is 0 Å². The van der Waals surface area contributed by atoms with Crippen LogP contribution >= 0.6 is 0 Å². The number of allylic oxidation sites excluding steroid dienone is 1. The predicted molar refractivity (Wildman–Crippen MR) is 74.8 cm³/mol. The quantitative estimate of drug-likeness (QED) is 0.572. The van der Waals surface area contributed by atoms with Gasteiger partial charge in [0, 0.05) is 17.4 Å². The van der Waals surface area contributed by atoms with Gasteiger partial charge in [0.25, 0.3) is 0 Å². The van der Waals surface area contributed by atoms with Gasteiger partial charge in [-0.25, -0.2) is 4.79 Å². The van der Waals surface area contributed by atoms with Crippen LogP contribution in [0.4, 0.5) is 0 Å². The van der Waals surface area contributed by atoms with Gasteiger partial charge in [-0.15, -0.1) is 0 Å². The molecule has 2 nitrogen and oxygen atoms in total. The maximum atomic E-state index is 12.4. The normalized spacial score (nSPS) is 24.3. The molecule has 0 heterocycles. The van der Waals surface area contributed by atoms with Crippen LogP contribution in [-0.2, 0) is 9.53 Å². The summed E-state index contributed by atoms with van der Waals surface area (Å²) < 4.78 is 13.7. The fraction of sp³-hybridized carbons (Fsp3) is 0.235. The summed E-state index contributed by atoms with van der Waals surface area (Å²) in [7, 11) is 0. The maximum absolute atomic E-state index is 12.4. The Hall–Kier alpha value is -0.790. The van der Waals surface area contributed by atoms with Gasteiger partial charge in [0.2, 0.25) is 0 Å². The highest BCUT2D eigenvalue weighted by Gasteiger charge is 2.30. The summed E-state index contributed by atoms with van der Waals surface area (Å²) >= 11 is 0. The lowest BCUT2D eigenvalue weighted by Gasteiger charge is -2.23. The standard InChI is InChI=1S/C17H18O2/c1-17(2,3)19-16(18)15(14-10-6-7-11-14)12-13-8-4-5-9-13/h4-12H,1-3H3/b15-12+/i12D. The third kappa shape index (κ3) is 4.36. The van der Waals surface area contributed by atoms with Crippen molar-refractivity contribution in [2.24, 2.45) is 0 Å². The fourth-order valence-electron chi connectivity index (χ4n) is 1.71. The molecule has 0 atom stereocenters. The summed E-state index contributed by atoms with van der Waals surface area (Å²) in [5.74, 6) is 0.965. The molecule has 0 saturated heterocycles. The molecule has 10 radical (unpaired) electrons. The first-order valence-corrected chi connectivity index (χ1v) is 6.27. The van der Waals surface area contributed by atoms with Crippen LogP contribution in [-0.4, -0.2) is 11.6 Å². The minimum atomic E-state index is -0.582. The van der Waals surface area contributed by atoms with Crippen molar-refractivity contribution in [2.45, 2.75) is 26.4 Å². The molecule has 0 N–H and O–H groups in total. The van der Waals surface area contributed by atoms with Crippen molar-refractivity contribution < 1.29 is 10.9 Å². The summed E-state index contributed by atoms with van der Waals surface area (Å²) in [5.41, 5.74) is -0.280. The first kappa shape index (κ1) is 13.2. The minimum Gasteiger partial charge on any atom is -0.457 e. The summed E-state index contributed by atoms with van der Waals surface area (Å²) in [5, 5.41) is 0. The molecule has 2 aliphatic carbocycles. The van der Waals surface area contributed by atoms with E-state index in [0.29, 0.717) is 17.4 Å². The van der Waals surface area contributed by atoms with E-state index in [4.69, 9.17) is 6.11 Å². The number of carbonyl (C=O) groups is 1. The lowest BCUT2D eigenvalue weighted by Crippen LogP contribution is -2.26. The van der Waals surface area contributed by atoms with Crippen molar-refractivity contribution in [3.8, 4) is 0 Å². The van der Waals surface area contributed by atoms with E-state index in [1.54, 1.807) is 0 Å². The molecule has 0 aromatic carbocycles. The Morgan fingerprint density at radius 3 is 2.16 bits per heavy atom. The molecule has 0 aromatic heterocycles. The summed E-state index contributed by atoms with van der Waals surface area (Å²) in [6.45, 7) is 5.46. The van der Waals surface area contributed by atoms with Crippen LogP contribution in [0.1, 0.15) is 22.1 Å². The van der Waals surface area contributed by atoms with Crippen LogP contribution in [0.25, 0.3) is 0 Å². The largest absolute Gasteiger partial charge is 0.457 e. The third-order valence-corrected chi connectivity index (χ3v) is 2.49. The molecule has 2 fully saturated rings. The van der Waals surface area contributed by atoms with Gasteiger partial charge in [0.15, 0.2) is 0 Å². The van der Waals surface area contributed by atoms with Crippen LogP contribution in [0, 0.1) is 63.2 Å². The Bertz CT molecular complexity index is 380. The van der Waals surface area contributed by atoms with E-state index in [9.17, 15) is 4.79 Å². The van der Waals surface area contributed by atoms with Gasteiger partial charge < -0.3 is 4.74 Å². The Morgan fingerprint density at radius 1 is 1.11 bits per heavy atom. The van der Waals surface area contributed by atoms with E-state index in [1.165, 1.54) is 0 Å². The lowest BCUT2D eigenvalue weighted by molar-refractivity contribution is -0.149. The van der Waals surface area contributed by atoms with Gasteiger partial charge in [-0.1, -0.05) is 6.05 Å². The highest BCUT2D eigenvalue weighted by Crippen LogP contribution is 2.35. The molecule has 2 heteroatoms. The molecular formula is C17H18O2. The highest BCUT2D eigenvalue weighted by atomic mass is 16.6. The average Bonchev–Trinajstić information content (AvgIpc) is 2.99. The number of ether oxygens (including phenoxy) is 1. The van der Waals surface area contributed by atoms with Crippen LogP contribution < -0.4 is 0 Å². The molecule has 0 aliphatic heterocycles. The molecule has 0 spiro atoms. The van der Waals surface area contributed by atoms with Gasteiger partial charge in [0.1, 0.15) is 5.60 Å². The molecule has 2 rings (SSSR count). The topological polar surface area (TPSA) is 26.3 Å². The monoisotopic (exact) mass is 255 g/mol. The fourth-order valence-corrected chi connectivity index (χ4v) is 1.71. The number of hydrogen-bond donors (Lipinski definition) is 0. The van der Waals surface area contributed by atoms with Crippen LogP contribution in [0.5, 0.6) is 0 Å². The van der Waals surface area contributed by atoms with Crippen LogP contribution in [0.2, 0.25) is 0 Å². The summed E-state index contributed by atoms with van der Waals surface area (Å²) in [4.78, 5) is 12.4. The Labute approximate surface area is 119 Å². The molecule has 0 bridgehead atoms. The van der Waals surface area contributed by atoms with Crippen LogP contribution in [0.15, 0.2) is 11.6 Å². The minimum absolute atomic E-state index is 0.190. The number of hydrogen-bond acceptors (Lipinski definition) is 2. The molecule has 0 unspecified atom stereocenters. The summed E-state index contributed by atoms with van der Waals surface area (Å²) in [6, 6.07) is 0.190. The average molecular weight is 255 g/mol. The van der Waals surface area contributed by atoms with Crippen molar-refractivity contribution in [3.05, 3.63) is 74.8 Å². The van der Waals surface area contributed by atoms with E-state index in [1.807, 2.05) is 72.1 Å². The van der Waals surface area contributed by atoms with Gasteiger partial charge in [-0.3, -0.25) is 0 Å². The molecule has 98 valence electrons. The molecule has 0 amide bonds. The number of rotatable bonds is 3. The van der Waals surface area contributed by atoms with Crippen molar-refractivity contribution in [1.29, 1.82) is 0 Å². The van der Waals surface area contributed by atoms with E-state index in [-0.39, 0.29) is 6.05 Å². The summed E-state index contributed by atoms with van der Waals surface area (Å²) in [6.07, 6.45) is 14.7.